The fourth-order valence-electron chi connectivity index (χ4n) is 1.64. The van der Waals surface area contributed by atoms with Crippen LogP contribution in [0.4, 0.5) is 4.39 Å². The highest BCUT2D eigenvalue weighted by Gasteiger charge is 2.21. The Morgan fingerprint density at radius 1 is 1.29 bits per heavy atom. The fraction of sp³-hybridized carbons (Fsp3) is 0.462. The van der Waals surface area contributed by atoms with Gasteiger partial charge >= 0.3 is 5.97 Å². The first kappa shape index (κ1) is 17.9. The third-order valence-electron chi connectivity index (χ3n) is 2.62. The van der Waals surface area contributed by atoms with Crippen LogP contribution in [0.25, 0.3) is 0 Å². The van der Waals surface area contributed by atoms with E-state index in [4.69, 9.17) is 20.2 Å². The first-order valence-electron chi connectivity index (χ1n) is 6.27. The summed E-state index contributed by atoms with van der Waals surface area (Å²) in [5.74, 6) is -1.71. The van der Waals surface area contributed by atoms with E-state index >= 15 is 0 Å². The summed E-state index contributed by atoms with van der Waals surface area (Å²) < 4.78 is 46.2. The molecule has 0 saturated carbocycles. The minimum absolute atomic E-state index is 0.00224. The Morgan fingerprint density at radius 2 is 1.95 bits per heavy atom. The molecule has 0 fully saturated rings. The molecule has 1 rings (SSSR count). The van der Waals surface area contributed by atoms with Crippen molar-refractivity contribution in [3.63, 3.8) is 0 Å². The quantitative estimate of drug-likeness (QED) is 0.434. The zero-order chi connectivity index (χ0) is 16.0. The van der Waals surface area contributed by atoms with Gasteiger partial charge in [-0.15, -0.1) is 0 Å². The van der Waals surface area contributed by atoms with Gasteiger partial charge in [0.05, 0.1) is 17.1 Å². The van der Waals surface area contributed by atoms with Crippen molar-refractivity contribution in [2.75, 3.05) is 19.8 Å². The third kappa shape index (κ3) is 5.26. The number of halogens is 2. The Hall–Kier alpha value is -1.18. The summed E-state index contributed by atoms with van der Waals surface area (Å²) in [6.45, 7) is 4.06. The molecule has 0 aromatic heterocycles. The summed E-state index contributed by atoms with van der Waals surface area (Å²) in [7, 11) is 1.06. The molecule has 0 atom stereocenters. The maximum atomic E-state index is 13.4. The summed E-state index contributed by atoms with van der Waals surface area (Å²) in [5, 5.41) is 0. The first-order valence-corrected chi connectivity index (χ1v) is 8.58. The van der Waals surface area contributed by atoms with Crippen LogP contribution in [0.1, 0.15) is 29.3 Å². The summed E-state index contributed by atoms with van der Waals surface area (Å²) >= 11 is 0. The van der Waals surface area contributed by atoms with Crippen LogP contribution in [-0.2, 0) is 18.5 Å². The van der Waals surface area contributed by atoms with Crippen LogP contribution in [0.3, 0.4) is 0 Å². The maximum Gasteiger partial charge on any atom is 0.338 e. The molecule has 0 heterocycles. The van der Waals surface area contributed by atoms with E-state index in [0.29, 0.717) is 6.61 Å². The summed E-state index contributed by atoms with van der Waals surface area (Å²) in [4.78, 5) is 11.4. The SMILES string of the molecule is CCCOCCOC(=O)c1cc(F)cc(S(=O)(=O)Cl)c1C. The molecule has 5 nitrogen and oxygen atoms in total. The molecular weight excluding hydrogens is 323 g/mol. The molecule has 0 aliphatic heterocycles. The molecule has 0 N–H and O–H groups in total. The van der Waals surface area contributed by atoms with Gasteiger partial charge in [-0.05, 0) is 31.0 Å². The van der Waals surface area contributed by atoms with Crippen LogP contribution in [-0.4, -0.2) is 34.2 Å². The molecule has 8 heteroatoms. The predicted octanol–water partition coefficient (Wildman–Crippen LogP) is 2.65. The Kier molecular flexibility index (Phi) is 6.57. The minimum atomic E-state index is -4.14. The van der Waals surface area contributed by atoms with Crippen LogP contribution >= 0.6 is 10.7 Å². The van der Waals surface area contributed by atoms with Crippen molar-refractivity contribution < 1.29 is 27.1 Å². The Morgan fingerprint density at radius 3 is 2.52 bits per heavy atom. The van der Waals surface area contributed by atoms with Crippen molar-refractivity contribution in [3.05, 3.63) is 29.1 Å². The van der Waals surface area contributed by atoms with E-state index in [1.165, 1.54) is 6.92 Å². The maximum absolute atomic E-state index is 13.4. The van der Waals surface area contributed by atoms with Gasteiger partial charge in [0, 0.05) is 17.3 Å². The van der Waals surface area contributed by atoms with E-state index in [0.717, 1.165) is 18.6 Å². The first-order chi connectivity index (χ1) is 9.77. The molecule has 0 radical (unpaired) electrons. The predicted molar refractivity (Wildman–Crippen MR) is 75.6 cm³/mol. The van der Waals surface area contributed by atoms with Crippen molar-refractivity contribution in [1.29, 1.82) is 0 Å². The van der Waals surface area contributed by atoms with Gasteiger partial charge in [0.25, 0.3) is 9.05 Å². The second-order valence-electron chi connectivity index (χ2n) is 4.26. The van der Waals surface area contributed by atoms with E-state index in [-0.39, 0.29) is 24.3 Å². The molecular formula is C13H16ClFO5S. The standard InChI is InChI=1S/C13H16ClFO5S/c1-3-4-19-5-6-20-13(16)11-7-10(15)8-12(9(11)2)21(14,17)18/h7-8H,3-6H2,1-2H3. The lowest BCUT2D eigenvalue weighted by atomic mass is 10.1. The number of rotatable bonds is 7. The summed E-state index contributed by atoms with van der Waals surface area (Å²) in [6.07, 6.45) is 0.841. The van der Waals surface area contributed by atoms with E-state index in [9.17, 15) is 17.6 Å². The number of ether oxygens (including phenoxy) is 2. The van der Waals surface area contributed by atoms with Gasteiger partial charge in [-0.1, -0.05) is 6.92 Å². The van der Waals surface area contributed by atoms with Crippen molar-refractivity contribution in [3.8, 4) is 0 Å². The smallest absolute Gasteiger partial charge is 0.338 e. The molecule has 0 aliphatic rings. The van der Waals surface area contributed by atoms with Gasteiger partial charge in [0.15, 0.2) is 0 Å². The van der Waals surface area contributed by atoms with Gasteiger partial charge < -0.3 is 9.47 Å². The highest BCUT2D eigenvalue weighted by atomic mass is 35.7. The van der Waals surface area contributed by atoms with Crippen LogP contribution < -0.4 is 0 Å². The van der Waals surface area contributed by atoms with E-state index in [1.54, 1.807) is 0 Å². The average molecular weight is 339 g/mol. The molecule has 118 valence electrons. The zero-order valence-corrected chi connectivity index (χ0v) is 13.3. The van der Waals surface area contributed by atoms with E-state index < -0.39 is 25.7 Å². The van der Waals surface area contributed by atoms with Crippen molar-refractivity contribution >= 4 is 25.7 Å². The molecule has 0 amide bonds. The Balaban J connectivity index is 2.88. The van der Waals surface area contributed by atoms with Crippen molar-refractivity contribution in [1.82, 2.24) is 0 Å². The van der Waals surface area contributed by atoms with Gasteiger partial charge in [0.2, 0.25) is 0 Å². The Labute approximate surface area is 127 Å². The minimum Gasteiger partial charge on any atom is -0.460 e. The van der Waals surface area contributed by atoms with Gasteiger partial charge in [-0.2, -0.15) is 0 Å². The summed E-state index contributed by atoms with van der Waals surface area (Å²) in [5.41, 5.74) is -0.129. The molecule has 1 aromatic rings. The number of carbonyl (C=O) groups is 1. The third-order valence-corrected chi connectivity index (χ3v) is 4.06. The van der Waals surface area contributed by atoms with Crippen LogP contribution in [0.2, 0.25) is 0 Å². The fourth-order valence-corrected chi connectivity index (χ4v) is 2.85. The molecule has 0 saturated heterocycles. The zero-order valence-electron chi connectivity index (χ0n) is 11.7. The second-order valence-corrected chi connectivity index (χ2v) is 6.80. The number of esters is 1. The lowest BCUT2D eigenvalue weighted by Crippen LogP contribution is -2.14. The van der Waals surface area contributed by atoms with Gasteiger partial charge in [-0.3, -0.25) is 0 Å². The topological polar surface area (TPSA) is 69.7 Å². The van der Waals surface area contributed by atoms with Crippen LogP contribution in [0, 0.1) is 12.7 Å². The molecule has 0 unspecified atom stereocenters. The van der Waals surface area contributed by atoms with Crippen LogP contribution in [0.15, 0.2) is 17.0 Å². The highest BCUT2D eigenvalue weighted by Crippen LogP contribution is 2.24. The molecule has 1 aromatic carbocycles. The number of hydrogen-bond acceptors (Lipinski definition) is 5. The average Bonchev–Trinajstić information content (AvgIpc) is 2.39. The second kappa shape index (κ2) is 7.72. The van der Waals surface area contributed by atoms with E-state index in [1.807, 2.05) is 6.92 Å². The molecule has 0 aliphatic carbocycles. The van der Waals surface area contributed by atoms with Crippen molar-refractivity contribution in [2.24, 2.45) is 0 Å². The number of benzene rings is 1. The number of hydrogen-bond donors (Lipinski definition) is 0. The van der Waals surface area contributed by atoms with E-state index in [2.05, 4.69) is 0 Å². The highest BCUT2D eigenvalue weighted by molar-refractivity contribution is 8.13. The monoisotopic (exact) mass is 338 g/mol. The molecule has 0 bridgehead atoms. The lowest BCUT2D eigenvalue weighted by Gasteiger charge is -2.10. The van der Waals surface area contributed by atoms with Gasteiger partial charge in [0.1, 0.15) is 12.4 Å². The van der Waals surface area contributed by atoms with Crippen molar-refractivity contribution in [2.45, 2.75) is 25.2 Å². The van der Waals surface area contributed by atoms with Crippen LogP contribution in [0.5, 0.6) is 0 Å². The van der Waals surface area contributed by atoms with Gasteiger partial charge in [-0.25, -0.2) is 17.6 Å². The molecule has 0 spiro atoms. The number of carbonyl (C=O) groups excluding carboxylic acids is 1. The summed E-state index contributed by atoms with van der Waals surface area (Å²) in [6, 6.07) is 1.68. The lowest BCUT2D eigenvalue weighted by molar-refractivity contribution is 0.0317. The Bertz CT molecular complexity index is 615. The normalized spacial score (nSPS) is 11.4. The largest absolute Gasteiger partial charge is 0.460 e. The molecule has 21 heavy (non-hydrogen) atoms.